The van der Waals surface area contributed by atoms with Gasteiger partial charge in [-0.15, -0.1) is 0 Å². The van der Waals surface area contributed by atoms with Gasteiger partial charge in [0.2, 0.25) is 0 Å². The minimum absolute atomic E-state index is 0.134. The summed E-state index contributed by atoms with van der Waals surface area (Å²) in [6.45, 7) is 5.83. The maximum atomic E-state index is 12.3. The molecule has 0 aliphatic heterocycles. The molecule has 2 aromatic heterocycles. The number of hydrogen-bond donors (Lipinski definition) is 1. The summed E-state index contributed by atoms with van der Waals surface area (Å²) in [6, 6.07) is 10.9. The van der Waals surface area contributed by atoms with Gasteiger partial charge in [-0.25, -0.2) is 9.48 Å². The standard InChI is InChI=1S/C22H22ClN7O3/c1-13-10-16(29-15(3)17(11-24-32)14(2)25-29)8-9-21(13)33-12-18-19(23)6-5-7-20(18)30-22(31)28(4)26-27-30/h5-11,32H,12H2,1-4H3/b24-11+. The van der Waals surface area contributed by atoms with Gasteiger partial charge in [-0.2, -0.15) is 14.5 Å². The Bertz CT molecular complexity index is 1420. The number of ether oxygens (including phenoxy) is 1. The number of halogens is 1. The molecule has 0 unspecified atom stereocenters. The zero-order valence-corrected chi connectivity index (χ0v) is 19.3. The first-order valence-electron chi connectivity index (χ1n) is 10.1. The molecule has 0 saturated heterocycles. The summed E-state index contributed by atoms with van der Waals surface area (Å²) in [7, 11) is 1.53. The first kappa shape index (κ1) is 22.3. The zero-order valence-electron chi connectivity index (χ0n) is 18.5. The number of rotatable bonds is 6. The molecule has 0 spiro atoms. The zero-order chi connectivity index (χ0) is 23.7. The Morgan fingerprint density at radius 3 is 2.61 bits per heavy atom. The molecular weight excluding hydrogens is 446 g/mol. The molecular formula is C22H22ClN7O3. The normalized spacial score (nSPS) is 11.4. The fraction of sp³-hybridized carbons (Fsp3) is 0.227. The van der Waals surface area contributed by atoms with Crippen LogP contribution >= 0.6 is 11.6 Å². The maximum absolute atomic E-state index is 12.3. The van der Waals surface area contributed by atoms with Crippen LogP contribution in [-0.4, -0.2) is 41.0 Å². The summed E-state index contributed by atoms with van der Waals surface area (Å²) >= 11 is 6.42. The Hall–Kier alpha value is -3.92. The van der Waals surface area contributed by atoms with Gasteiger partial charge >= 0.3 is 5.69 Å². The highest BCUT2D eigenvalue weighted by Crippen LogP contribution is 2.27. The predicted octanol–water partition coefficient (Wildman–Crippen LogP) is 3.12. The van der Waals surface area contributed by atoms with Crippen LogP contribution in [-0.2, 0) is 13.7 Å². The number of oxime groups is 1. The van der Waals surface area contributed by atoms with Crippen LogP contribution in [0.25, 0.3) is 11.4 Å². The molecule has 10 nitrogen and oxygen atoms in total. The number of hydrogen-bond acceptors (Lipinski definition) is 7. The van der Waals surface area contributed by atoms with E-state index in [0.717, 1.165) is 32.9 Å². The molecule has 0 aliphatic rings. The van der Waals surface area contributed by atoms with Crippen molar-refractivity contribution >= 4 is 17.8 Å². The number of aryl methyl sites for hydroxylation is 3. The van der Waals surface area contributed by atoms with E-state index < -0.39 is 0 Å². The average molecular weight is 468 g/mol. The number of benzene rings is 2. The Morgan fingerprint density at radius 2 is 1.94 bits per heavy atom. The molecule has 0 saturated carbocycles. The fourth-order valence-corrected chi connectivity index (χ4v) is 3.81. The molecule has 0 radical (unpaired) electrons. The third kappa shape index (κ3) is 4.12. The summed E-state index contributed by atoms with van der Waals surface area (Å²) in [5.41, 5.74) is 4.87. The average Bonchev–Trinajstić information content (AvgIpc) is 3.27. The van der Waals surface area contributed by atoms with Crippen LogP contribution in [0.2, 0.25) is 5.02 Å². The highest BCUT2D eigenvalue weighted by Gasteiger charge is 2.16. The Labute approximate surface area is 194 Å². The second-order valence-corrected chi connectivity index (χ2v) is 7.92. The highest BCUT2D eigenvalue weighted by atomic mass is 35.5. The van der Waals surface area contributed by atoms with Gasteiger partial charge < -0.3 is 9.94 Å². The summed E-state index contributed by atoms with van der Waals surface area (Å²) in [5, 5.41) is 24.7. The Balaban J connectivity index is 1.62. The van der Waals surface area contributed by atoms with Crippen LogP contribution in [0, 0.1) is 20.8 Å². The summed E-state index contributed by atoms with van der Waals surface area (Å²) in [5.74, 6) is 0.662. The molecule has 0 bridgehead atoms. The Morgan fingerprint density at radius 1 is 1.15 bits per heavy atom. The first-order valence-corrected chi connectivity index (χ1v) is 10.4. The second-order valence-electron chi connectivity index (χ2n) is 7.51. The monoisotopic (exact) mass is 467 g/mol. The lowest BCUT2D eigenvalue weighted by atomic mass is 10.1. The molecule has 2 heterocycles. The SMILES string of the molecule is Cc1cc(-n2nc(C)c(/C=N/O)c2C)ccc1OCc1c(Cl)cccc1-n1nnn(C)c1=O. The molecule has 0 aliphatic carbocycles. The van der Waals surface area contributed by atoms with Crippen molar-refractivity contribution in [3.63, 3.8) is 0 Å². The van der Waals surface area contributed by atoms with Crippen molar-refractivity contribution in [2.24, 2.45) is 12.2 Å². The first-order chi connectivity index (χ1) is 15.8. The number of aromatic nitrogens is 6. The third-order valence-electron chi connectivity index (χ3n) is 5.35. The van der Waals surface area contributed by atoms with Gasteiger partial charge in [0.15, 0.2) is 0 Å². The predicted molar refractivity (Wildman–Crippen MR) is 123 cm³/mol. The minimum atomic E-state index is -0.380. The molecule has 2 aromatic carbocycles. The van der Waals surface area contributed by atoms with Crippen molar-refractivity contribution in [2.45, 2.75) is 27.4 Å². The van der Waals surface area contributed by atoms with Crippen molar-refractivity contribution in [1.82, 2.24) is 29.6 Å². The van der Waals surface area contributed by atoms with E-state index in [1.54, 1.807) is 22.9 Å². The van der Waals surface area contributed by atoms with Crippen molar-refractivity contribution in [1.29, 1.82) is 0 Å². The van der Waals surface area contributed by atoms with Crippen LogP contribution in [0.5, 0.6) is 5.75 Å². The molecule has 4 rings (SSSR count). The van der Waals surface area contributed by atoms with Crippen molar-refractivity contribution in [2.75, 3.05) is 0 Å². The lowest BCUT2D eigenvalue weighted by molar-refractivity contribution is 0.303. The van der Waals surface area contributed by atoms with Crippen LogP contribution < -0.4 is 10.4 Å². The van der Waals surface area contributed by atoms with Crippen LogP contribution in [0.1, 0.15) is 28.1 Å². The van der Waals surface area contributed by atoms with Gasteiger partial charge in [-0.05, 0) is 67.1 Å². The largest absolute Gasteiger partial charge is 0.488 e. The van der Waals surface area contributed by atoms with Crippen LogP contribution in [0.15, 0.2) is 46.3 Å². The topological polar surface area (TPSA) is 112 Å². The van der Waals surface area contributed by atoms with E-state index >= 15 is 0 Å². The fourth-order valence-electron chi connectivity index (χ4n) is 3.58. The van der Waals surface area contributed by atoms with E-state index in [1.165, 1.54) is 17.9 Å². The number of nitrogens with zero attached hydrogens (tertiary/aromatic N) is 7. The van der Waals surface area contributed by atoms with Gasteiger partial charge in [0.25, 0.3) is 0 Å². The van der Waals surface area contributed by atoms with Crippen molar-refractivity contribution in [3.8, 4) is 17.1 Å². The van der Waals surface area contributed by atoms with Gasteiger partial charge in [0.1, 0.15) is 12.4 Å². The van der Waals surface area contributed by atoms with E-state index in [0.29, 0.717) is 22.0 Å². The molecule has 1 N–H and O–H groups in total. The van der Waals surface area contributed by atoms with E-state index in [9.17, 15) is 4.79 Å². The van der Waals surface area contributed by atoms with Gasteiger partial charge in [-0.1, -0.05) is 22.8 Å². The summed E-state index contributed by atoms with van der Waals surface area (Å²) < 4.78 is 10.2. The lowest BCUT2D eigenvalue weighted by Gasteiger charge is -2.14. The van der Waals surface area contributed by atoms with Crippen LogP contribution in [0.4, 0.5) is 0 Å². The molecule has 11 heteroatoms. The van der Waals surface area contributed by atoms with E-state index in [4.69, 9.17) is 21.5 Å². The molecule has 0 amide bonds. The second kappa shape index (κ2) is 8.91. The summed E-state index contributed by atoms with van der Waals surface area (Å²) in [6.07, 6.45) is 1.38. The molecule has 0 fully saturated rings. The molecule has 170 valence electrons. The van der Waals surface area contributed by atoms with Gasteiger partial charge in [-0.3, -0.25) is 0 Å². The van der Waals surface area contributed by atoms with E-state index in [1.807, 2.05) is 39.0 Å². The molecule has 0 atom stereocenters. The Kier molecular flexibility index (Phi) is 6.01. The van der Waals surface area contributed by atoms with E-state index in [2.05, 4.69) is 20.7 Å². The number of tetrazole rings is 1. The third-order valence-corrected chi connectivity index (χ3v) is 5.71. The van der Waals surface area contributed by atoms with E-state index in [-0.39, 0.29) is 12.3 Å². The smallest absolute Gasteiger partial charge is 0.368 e. The quantitative estimate of drug-likeness (QED) is 0.265. The highest BCUT2D eigenvalue weighted by molar-refractivity contribution is 6.31. The van der Waals surface area contributed by atoms with Gasteiger partial charge in [0, 0.05) is 23.2 Å². The van der Waals surface area contributed by atoms with Crippen molar-refractivity contribution in [3.05, 3.63) is 80.0 Å². The van der Waals surface area contributed by atoms with Gasteiger partial charge in [0.05, 0.1) is 29.0 Å². The van der Waals surface area contributed by atoms with Crippen LogP contribution in [0.3, 0.4) is 0 Å². The molecule has 33 heavy (non-hydrogen) atoms. The summed E-state index contributed by atoms with van der Waals surface area (Å²) in [4.78, 5) is 12.3. The lowest BCUT2D eigenvalue weighted by Crippen LogP contribution is -2.23. The minimum Gasteiger partial charge on any atom is -0.488 e. The van der Waals surface area contributed by atoms with Crippen molar-refractivity contribution < 1.29 is 9.94 Å². The maximum Gasteiger partial charge on any atom is 0.368 e. The molecule has 4 aromatic rings.